The van der Waals surface area contributed by atoms with Crippen molar-refractivity contribution in [1.29, 1.82) is 0 Å². The van der Waals surface area contributed by atoms with E-state index in [1.54, 1.807) is 7.11 Å². The van der Waals surface area contributed by atoms with E-state index in [0.717, 1.165) is 31.8 Å². The number of piperidine rings is 1. The third kappa shape index (κ3) is 5.69. The molecule has 1 heterocycles. The normalized spacial score (nSPS) is 18.2. The molecule has 0 aliphatic carbocycles. The van der Waals surface area contributed by atoms with E-state index in [-0.39, 0.29) is 0 Å². The molecule has 1 N–H and O–H groups in total. The summed E-state index contributed by atoms with van der Waals surface area (Å²) in [4.78, 5) is 2.58. The van der Waals surface area contributed by atoms with Crippen LogP contribution in [0.25, 0.3) is 0 Å². The molecule has 0 saturated carbocycles. The monoisotopic (exact) mass is 450 g/mol. The van der Waals surface area contributed by atoms with Crippen LogP contribution in [0.4, 0.5) is 0 Å². The molecule has 3 rings (SSSR count). The summed E-state index contributed by atoms with van der Waals surface area (Å²) in [5.41, 5.74) is 2.78. The summed E-state index contributed by atoms with van der Waals surface area (Å²) in [6.45, 7) is 4.44. The van der Waals surface area contributed by atoms with Crippen LogP contribution in [-0.2, 0) is 13.0 Å². The lowest BCUT2D eigenvalue weighted by molar-refractivity contribution is 0.184. The third-order valence-corrected chi connectivity index (χ3v) is 5.89. The molecule has 134 valence electrons. The zero-order chi connectivity index (χ0) is 17.5. The van der Waals surface area contributed by atoms with Gasteiger partial charge in [-0.15, -0.1) is 0 Å². The van der Waals surface area contributed by atoms with Crippen LogP contribution < -0.4 is 10.1 Å². The van der Waals surface area contributed by atoms with Gasteiger partial charge in [0.2, 0.25) is 0 Å². The van der Waals surface area contributed by atoms with E-state index in [4.69, 9.17) is 4.74 Å². The van der Waals surface area contributed by atoms with Crippen LogP contribution >= 0.6 is 22.6 Å². The van der Waals surface area contributed by atoms with Crippen LogP contribution in [-0.4, -0.2) is 37.7 Å². The zero-order valence-corrected chi connectivity index (χ0v) is 17.0. The third-order valence-electron chi connectivity index (χ3n) is 4.83. The molecule has 0 bridgehead atoms. The number of methoxy groups -OCH3 is 1. The fourth-order valence-corrected chi connectivity index (χ4v) is 4.09. The van der Waals surface area contributed by atoms with Crippen molar-refractivity contribution in [3.05, 3.63) is 63.2 Å². The van der Waals surface area contributed by atoms with Gasteiger partial charge >= 0.3 is 0 Å². The van der Waals surface area contributed by atoms with Gasteiger partial charge in [0.05, 0.1) is 7.11 Å². The van der Waals surface area contributed by atoms with Crippen LogP contribution in [0.3, 0.4) is 0 Å². The van der Waals surface area contributed by atoms with E-state index in [0.29, 0.717) is 6.04 Å². The smallest absolute Gasteiger partial charge is 0.119 e. The Kier molecular flexibility index (Phi) is 7.13. The molecule has 4 heteroatoms. The van der Waals surface area contributed by atoms with Gasteiger partial charge in [0, 0.05) is 22.7 Å². The summed E-state index contributed by atoms with van der Waals surface area (Å²) < 4.78 is 6.66. The maximum absolute atomic E-state index is 5.35. The van der Waals surface area contributed by atoms with Crippen LogP contribution in [0.15, 0.2) is 48.5 Å². The van der Waals surface area contributed by atoms with Crippen molar-refractivity contribution in [3.8, 4) is 5.75 Å². The topological polar surface area (TPSA) is 24.5 Å². The molecule has 0 radical (unpaired) electrons. The molecule has 0 amide bonds. The van der Waals surface area contributed by atoms with E-state index in [1.165, 1.54) is 34.1 Å². The number of likely N-dealkylation sites (tertiary alicyclic amines) is 1. The molecule has 25 heavy (non-hydrogen) atoms. The number of benzene rings is 2. The quantitative estimate of drug-likeness (QED) is 0.644. The Morgan fingerprint density at radius 1 is 1.20 bits per heavy atom. The minimum Gasteiger partial charge on any atom is -0.497 e. The Hall–Kier alpha value is -1.11. The number of ether oxygens (including phenoxy) is 1. The van der Waals surface area contributed by atoms with Gasteiger partial charge in [-0.2, -0.15) is 0 Å². The van der Waals surface area contributed by atoms with E-state index < -0.39 is 0 Å². The first-order valence-electron chi connectivity index (χ1n) is 9.06. The van der Waals surface area contributed by atoms with Crippen LogP contribution in [0.5, 0.6) is 5.75 Å². The second-order valence-corrected chi connectivity index (χ2v) is 7.88. The van der Waals surface area contributed by atoms with Crippen LogP contribution in [0, 0.1) is 3.57 Å². The SMILES string of the molecule is COc1ccc(I)c(CCNC2CCCN(Cc3ccccc3)C2)c1. The van der Waals surface area contributed by atoms with Crippen molar-refractivity contribution in [2.45, 2.75) is 31.8 Å². The van der Waals surface area contributed by atoms with Gasteiger partial charge in [-0.05, 0) is 84.3 Å². The predicted octanol–water partition coefficient (Wildman–Crippen LogP) is 4.10. The van der Waals surface area contributed by atoms with E-state index in [1.807, 2.05) is 6.07 Å². The van der Waals surface area contributed by atoms with Gasteiger partial charge in [-0.3, -0.25) is 4.90 Å². The summed E-state index contributed by atoms with van der Waals surface area (Å²) in [5, 5.41) is 3.76. The molecule has 3 nitrogen and oxygen atoms in total. The molecule has 2 aromatic rings. The molecular formula is C21H27IN2O. The van der Waals surface area contributed by atoms with E-state index in [9.17, 15) is 0 Å². The molecule has 1 fully saturated rings. The Balaban J connectivity index is 1.47. The van der Waals surface area contributed by atoms with Crippen molar-refractivity contribution in [3.63, 3.8) is 0 Å². The molecule has 1 aliphatic heterocycles. The number of nitrogens with zero attached hydrogens (tertiary/aromatic N) is 1. The molecule has 1 atom stereocenters. The lowest BCUT2D eigenvalue weighted by atomic mass is 10.0. The second kappa shape index (κ2) is 9.55. The minimum absolute atomic E-state index is 0.598. The first kappa shape index (κ1) is 18.7. The van der Waals surface area contributed by atoms with Gasteiger partial charge in [-0.25, -0.2) is 0 Å². The van der Waals surface area contributed by atoms with Gasteiger partial charge in [0.1, 0.15) is 5.75 Å². The number of hydrogen-bond donors (Lipinski definition) is 1. The summed E-state index contributed by atoms with van der Waals surface area (Å²) >= 11 is 2.41. The largest absolute Gasteiger partial charge is 0.497 e. The van der Waals surface area contributed by atoms with Gasteiger partial charge < -0.3 is 10.1 Å². The van der Waals surface area contributed by atoms with Crippen LogP contribution in [0.1, 0.15) is 24.0 Å². The van der Waals surface area contributed by atoms with Crippen molar-refractivity contribution < 1.29 is 4.74 Å². The summed E-state index contributed by atoms with van der Waals surface area (Å²) in [5.74, 6) is 0.946. The predicted molar refractivity (Wildman–Crippen MR) is 112 cm³/mol. The first-order valence-corrected chi connectivity index (χ1v) is 10.1. The number of halogens is 1. The lowest BCUT2D eigenvalue weighted by Crippen LogP contribution is -2.45. The summed E-state index contributed by atoms with van der Waals surface area (Å²) in [6.07, 6.45) is 3.60. The fraction of sp³-hybridized carbons (Fsp3) is 0.429. The van der Waals surface area contributed by atoms with E-state index in [2.05, 4.69) is 75.3 Å². The average Bonchev–Trinajstić information content (AvgIpc) is 2.64. The highest BCUT2D eigenvalue weighted by Gasteiger charge is 2.19. The number of nitrogens with one attached hydrogen (secondary N) is 1. The highest BCUT2D eigenvalue weighted by Crippen LogP contribution is 2.20. The van der Waals surface area contributed by atoms with Gasteiger partial charge in [0.25, 0.3) is 0 Å². The first-order chi connectivity index (χ1) is 12.2. The van der Waals surface area contributed by atoms with Gasteiger partial charge in [0.15, 0.2) is 0 Å². The number of rotatable bonds is 7. The molecular weight excluding hydrogens is 423 g/mol. The van der Waals surface area contributed by atoms with Crippen molar-refractivity contribution in [2.75, 3.05) is 26.7 Å². The maximum atomic E-state index is 5.35. The minimum atomic E-state index is 0.598. The fourth-order valence-electron chi connectivity index (χ4n) is 3.49. The van der Waals surface area contributed by atoms with Gasteiger partial charge in [-0.1, -0.05) is 30.3 Å². The summed E-state index contributed by atoms with van der Waals surface area (Å²) in [6, 6.07) is 17.7. The highest BCUT2D eigenvalue weighted by atomic mass is 127. The molecule has 0 aromatic heterocycles. The maximum Gasteiger partial charge on any atom is 0.119 e. The molecule has 1 aliphatic rings. The van der Waals surface area contributed by atoms with Crippen molar-refractivity contribution in [1.82, 2.24) is 10.2 Å². The van der Waals surface area contributed by atoms with E-state index >= 15 is 0 Å². The second-order valence-electron chi connectivity index (χ2n) is 6.72. The Morgan fingerprint density at radius 2 is 2.04 bits per heavy atom. The van der Waals surface area contributed by atoms with Crippen molar-refractivity contribution in [2.24, 2.45) is 0 Å². The lowest BCUT2D eigenvalue weighted by Gasteiger charge is -2.33. The van der Waals surface area contributed by atoms with Crippen LogP contribution in [0.2, 0.25) is 0 Å². The number of hydrogen-bond acceptors (Lipinski definition) is 3. The highest BCUT2D eigenvalue weighted by molar-refractivity contribution is 14.1. The Labute approximate surface area is 164 Å². The molecule has 1 unspecified atom stereocenters. The Bertz CT molecular complexity index is 662. The Morgan fingerprint density at radius 3 is 2.84 bits per heavy atom. The molecule has 2 aromatic carbocycles. The van der Waals surface area contributed by atoms with Crippen molar-refractivity contribution >= 4 is 22.6 Å². The standard InChI is InChI=1S/C21H27IN2O/c1-25-20-9-10-21(22)18(14-20)11-12-23-19-8-5-13-24(16-19)15-17-6-3-2-4-7-17/h2-4,6-7,9-10,14,19,23H,5,8,11-13,15-16H2,1H3. The zero-order valence-electron chi connectivity index (χ0n) is 14.9. The summed E-state index contributed by atoms with van der Waals surface area (Å²) in [7, 11) is 1.73. The molecule has 1 saturated heterocycles. The molecule has 0 spiro atoms. The average molecular weight is 450 g/mol.